The van der Waals surface area contributed by atoms with Crippen LogP contribution < -0.4 is 18.9 Å². The summed E-state index contributed by atoms with van der Waals surface area (Å²) in [5.41, 5.74) is 1.32. The number of hydrogen-bond acceptors (Lipinski definition) is 6. The quantitative estimate of drug-likeness (QED) is 0.485. The number of benzene rings is 2. The molecule has 1 N–H and O–H groups in total. The van der Waals surface area contributed by atoms with Crippen molar-refractivity contribution in [1.29, 1.82) is 0 Å². The highest BCUT2D eigenvalue weighted by molar-refractivity contribution is 5.74. The van der Waals surface area contributed by atoms with Gasteiger partial charge in [-0.05, 0) is 79.3 Å². The van der Waals surface area contributed by atoms with Crippen molar-refractivity contribution in [2.45, 2.75) is 45.1 Å². The van der Waals surface area contributed by atoms with Crippen LogP contribution in [0.25, 0.3) is 0 Å². The SMILES string of the molecule is COc1ccc(C[C@H]2CO[C@H](c3ccc(OC)c(OC)c3)[C@@H]2C2CCCCC2(C)C(=O)O)cc1OC. The van der Waals surface area contributed by atoms with Crippen LogP contribution in [-0.2, 0) is 16.0 Å². The Hall–Kier alpha value is -2.93. The molecule has 5 atom stereocenters. The number of carboxylic acids is 1. The number of carboxylic acid groups (broad SMARTS) is 1. The molecule has 1 saturated carbocycles. The molecule has 1 saturated heterocycles. The second kappa shape index (κ2) is 11.0. The van der Waals surface area contributed by atoms with Crippen LogP contribution in [0.15, 0.2) is 36.4 Å². The smallest absolute Gasteiger partial charge is 0.309 e. The van der Waals surface area contributed by atoms with E-state index in [2.05, 4.69) is 6.07 Å². The predicted molar refractivity (Wildman–Crippen MR) is 136 cm³/mol. The molecule has 0 aromatic heterocycles. The third kappa shape index (κ3) is 4.85. The minimum Gasteiger partial charge on any atom is -0.493 e. The minimum atomic E-state index is -0.790. The monoisotopic (exact) mass is 498 g/mol. The molecule has 36 heavy (non-hydrogen) atoms. The van der Waals surface area contributed by atoms with E-state index >= 15 is 0 Å². The maximum Gasteiger partial charge on any atom is 0.309 e. The molecule has 1 aliphatic carbocycles. The van der Waals surface area contributed by atoms with E-state index in [9.17, 15) is 9.90 Å². The first-order valence-electron chi connectivity index (χ1n) is 12.6. The van der Waals surface area contributed by atoms with Gasteiger partial charge in [0.05, 0.1) is 46.6 Å². The first-order chi connectivity index (χ1) is 17.4. The predicted octanol–water partition coefficient (Wildman–Crippen LogP) is 5.55. The van der Waals surface area contributed by atoms with Gasteiger partial charge >= 0.3 is 5.97 Å². The maximum atomic E-state index is 12.6. The lowest BCUT2D eigenvalue weighted by Gasteiger charge is -2.44. The van der Waals surface area contributed by atoms with E-state index in [1.165, 1.54) is 0 Å². The fourth-order valence-electron chi connectivity index (χ4n) is 6.33. The first-order valence-corrected chi connectivity index (χ1v) is 12.6. The molecule has 2 aromatic rings. The summed E-state index contributed by atoms with van der Waals surface area (Å²) in [5, 5.41) is 10.3. The molecule has 2 aromatic carbocycles. The van der Waals surface area contributed by atoms with Crippen LogP contribution in [0.2, 0.25) is 0 Å². The molecule has 7 heteroatoms. The van der Waals surface area contributed by atoms with Crippen molar-refractivity contribution in [2.75, 3.05) is 35.0 Å². The van der Waals surface area contributed by atoms with Crippen molar-refractivity contribution in [2.24, 2.45) is 23.2 Å². The molecular weight excluding hydrogens is 460 g/mol. The van der Waals surface area contributed by atoms with Gasteiger partial charge in [0, 0.05) is 0 Å². The number of aliphatic carboxylic acids is 1. The van der Waals surface area contributed by atoms with Crippen LogP contribution in [0.5, 0.6) is 23.0 Å². The lowest BCUT2D eigenvalue weighted by molar-refractivity contribution is -0.157. The normalized spacial score (nSPS) is 27.9. The van der Waals surface area contributed by atoms with Gasteiger partial charge in [0.15, 0.2) is 23.0 Å². The summed E-state index contributed by atoms with van der Waals surface area (Å²) in [6, 6.07) is 11.9. The Morgan fingerprint density at radius 1 is 0.944 bits per heavy atom. The summed E-state index contributed by atoms with van der Waals surface area (Å²) in [6.07, 6.45) is 4.08. The Morgan fingerprint density at radius 3 is 2.22 bits per heavy atom. The number of carbonyl (C=O) groups is 1. The third-order valence-corrected chi connectivity index (χ3v) is 8.30. The summed E-state index contributed by atoms with van der Waals surface area (Å²) in [7, 11) is 6.50. The van der Waals surface area contributed by atoms with Gasteiger partial charge in [-0.15, -0.1) is 0 Å². The van der Waals surface area contributed by atoms with Crippen molar-refractivity contribution in [3.8, 4) is 23.0 Å². The zero-order valence-corrected chi connectivity index (χ0v) is 21.9. The van der Waals surface area contributed by atoms with Gasteiger partial charge in [0.1, 0.15) is 0 Å². The largest absolute Gasteiger partial charge is 0.493 e. The topological polar surface area (TPSA) is 83.5 Å². The van der Waals surface area contributed by atoms with Gasteiger partial charge in [-0.1, -0.05) is 25.0 Å². The highest BCUT2D eigenvalue weighted by Crippen LogP contribution is 2.55. The van der Waals surface area contributed by atoms with Crippen molar-refractivity contribution in [3.63, 3.8) is 0 Å². The Kier molecular flexibility index (Phi) is 7.98. The van der Waals surface area contributed by atoms with Crippen LogP contribution in [-0.4, -0.2) is 46.1 Å². The van der Waals surface area contributed by atoms with Crippen LogP contribution in [0.3, 0.4) is 0 Å². The van der Waals surface area contributed by atoms with Gasteiger partial charge in [-0.25, -0.2) is 0 Å². The Morgan fingerprint density at radius 2 is 1.58 bits per heavy atom. The number of rotatable bonds is 9. The van der Waals surface area contributed by atoms with Gasteiger partial charge in [-0.3, -0.25) is 4.79 Å². The molecule has 2 aliphatic rings. The highest BCUT2D eigenvalue weighted by Gasteiger charge is 2.53. The molecule has 1 heterocycles. The van der Waals surface area contributed by atoms with E-state index in [-0.39, 0.29) is 23.9 Å². The van der Waals surface area contributed by atoms with Gasteiger partial charge < -0.3 is 28.8 Å². The molecule has 2 unspecified atom stereocenters. The summed E-state index contributed by atoms with van der Waals surface area (Å²) in [5.74, 6) is 2.16. The Bertz CT molecular complexity index is 1070. The Balaban J connectivity index is 1.73. The van der Waals surface area contributed by atoms with Crippen molar-refractivity contribution >= 4 is 5.97 Å². The number of methoxy groups -OCH3 is 4. The molecular formula is C29H38O7. The lowest BCUT2D eigenvalue weighted by Crippen LogP contribution is -2.44. The van der Waals surface area contributed by atoms with Gasteiger partial charge in [-0.2, -0.15) is 0 Å². The van der Waals surface area contributed by atoms with Crippen molar-refractivity contribution in [1.82, 2.24) is 0 Å². The first kappa shape index (κ1) is 26.1. The second-order valence-corrected chi connectivity index (χ2v) is 10.2. The second-order valence-electron chi connectivity index (χ2n) is 10.2. The fraction of sp³-hybridized carbons (Fsp3) is 0.552. The fourth-order valence-corrected chi connectivity index (χ4v) is 6.33. The van der Waals surface area contributed by atoms with Crippen LogP contribution in [0.4, 0.5) is 0 Å². The summed E-state index contributed by atoms with van der Waals surface area (Å²) in [4.78, 5) is 12.6. The zero-order chi connectivity index (χ0) is 25.9. The maximum absolute atomic E-state index is 12.6. The van der Waals surface area contributed by atoms with Crippen LogP contribution in [0.1, 0.15) is 49.8 Å². The average Bonchev–Trinajstić information content (AvgIpc) is 3.31. The Labute approximate surface area is 213 Å². The van der Waals surface area contributed by atoms with Crippen LogP contribution >= 0.6 is 0 Å². The molecule has 4 rings (SSSR count). The molecule has 1 aliphatic heterocycles. The molecule has 7 nitrogen and oxygen atoms in total. The van der Waals surface area contributed by atoms with E-state index in [4.69, 9.17) is 23.7 Å². The van der Waals surface area contributed by atoms with Crippen molar-refractivity contribution in [3.05, 3.63) is 47.5 Å². The van der Waals surface area contributed by atoms with E-state index in [0.29, 0.717) is 36.0 Å². The standard InChI is InChI=1S/C29H38O7/c1-29(28(30)31)13-7-6-8-21(29)26-20(14-18-9-11-22(32-2)24(15-18)34-4)17-36-27(26)19-10-12-23(33-3)25(16-19)35-5/h9-12,15-16,20-21,26-27H,6-8,13-14,17H2,1-5H3,(H,30,31)/t20-,21?,26-,27+,29?/m0/s1. The van der Waals surface area contributed by atoms with E-state index in [1.54, 1.807) is 28.4 Å². The zero-order valence-electron chi connectivity index (χ0n) is 21.9. The average molecular weight is 499 g/mol. The summed E-state index contributed by atoms with van der Waals surface area (Å²) in [6.45, 7) is 2.49. The minimum absolute atomic E-state index is 0.00510. The van der Waals surface area contributed by atoms with Crippen LogP contribution in [0, 0.1) is 23.2 Å². The third-order valence-electron chi connectivity index (χ3n) is 8.30. The van der Waals surface area contributed by atoms with E-state index < -0.39 is 11.4 Å². The van der Waals surface area contributed by atoms with Gasteiger partial charge in [0.2, 0.25) is 0 Å². The van der Waals surface area contributed by atoms with Gasteiger partial charge in [0.25, 0.3) is 0 Å². The molecule has 196 valence electrons. The molecule has 0 amide bonds. The molecule has 2 fully saturated rings. The van der Waals surface area contributed by atoms with Crippen molar-refractivity contribution < 1.29 is 33.6 Å². The highest BCUT2D eigenvalue weighted by atomic mass is 16.5. The molecule has 0 bridgehead atoms. The number of hydrogen-bond donors (Lipinski definition) is 1. The number of ether oxygens (including phenoxy) is 5. The van der Waals surface area contributed by atoms with E-state index in [0.717, 1.165) is 36.8 Å². The summed E-state index contributed by atoms with van der Waals surface area (Å²) < 4.78 is 28.4. The summed E-state index contributed by atoms with van der Waals surface area (Å²) >= 11 is 0. The molecule has 0 spiro atoms. The van der Waals surface area contributed by atoms with E-state index in [1.807, 2.05) is 37.3 Å². The molecule has 0 radical (unpaired) electrons. The lowest BCUT2D eigenvalue weighted by atomic mass is 9.58.